The van der Waals surface area contributed by atoms with Gasteiger partial charge in [-0.2, -0.15) is 24.9 Å². The van der Waals surface area contributed by atoms with Crippen LogP contribution in [0.2, 0.25) is 26.4 Å². The molecule has 626 valence electrons. The van der Waals surface area contributed by atoms with Crippen LogP contribution >= 0.6 is 80.7 Å². The monoisotopic (exact) mass is 1840 g/mol. The van der Waals surface area contributed by atoms with Gasteiger partial charge >= 0.3 is 0 Å². The molecule has 14 aromatic heterocycles. The number of hydrogen-bond acceptors (Lipinski definition) is 19. The zero-order chi connectivity index (χ0) is 87.9. The summed E-state index contributed by atoms with van der Waals surface area (Å²) in [6, 6.07) is 112. The molecule has 0 saturated heterocycles. The molecule has 0 aliphatic carbocycles. The molecule has 0 fully saturated rings. The first kappa shape index (κ1) is 78.7. The van der Waals surface area contributed by atoms with Crippen molar-refractivity contribution < 1.29 is 30.9 Å². The molecular weight excluding hydrogens is 1790 g/mol. The topological polar surface area (TPSA) is 221 Å². The molecule has 29 aromatic rings. The largest absolute Gasteiger partial charge is 0.456 e. The van der Waals surface area contributed by atoms with Gasteiger partial charge in [0.25, 0.3) is 0 Å². The summed E-state index contributed by atoms with van der Waals surface area (Å²) in [5, 5.41) is 21.7. The lowest BCUT2D eigenvalue weighted by Crippen LogP contribution is -1.90. The van der Waals surface area contributed by atoms with Crippen LogP contribution in [0.5, 0.6) is 0 Å². The van der Waals surface area contributed by atoms with Gasteiger partial charge in [-0.1, -0.05) is 237 Å². The number of halogens is 5. The Morgan fingerprint density at radius 3 is 0.985 bits per heavy atom. The third-order valence-electron chi connectivity index (χ3n) is 23.7. The van der Waals surface area contributed by atoms with Crippen molar-refractivity contribution in [1.29, 1.82) is 0 Å². The molecule has 0 unspecified atom stereocenters. The van der Waals surface area contributed by atoms with Gasteiger partial charge in [0.05, 0.1) is 55.4 Å². The number of fused-ring (bicyclic) bond motifs is 28. The number of rotatable bonds is 5. The van der Waals surface area contributed by atoms with Crippen LogP contribution in [0.15, 0.2) is 365 Å². The molecule has 17 nitrogen and oxygen atoms in total. The lowest BCUT2D eigenvalue weighted by atomic mass is 10.0. The van der Waals surface area contributed by atoms with Crippen molar-refractivity contribution >= 4 is 286 Å². The second-order valence-corrected chi connectivity index (χ2v) is 35.2. The Balaban J connectivity index is 0.0000000887. The SMILES string of the molecule is Clc1nc(-c2ccc3ccccc3c2)c2c(n1)oc1ccccc12.Clc1nc(-c2ccc3oc4ccccc4c3c2)c2c(n1)oc1ccccc12.Clc1nc(-c2ccc3sc4ccccc4c3c2)c2c(n1)oc1ccccc12.Clc1nc(-c2cccc3c2oc2ccccc23)c2c(n1)oc1ccccc12.Clc1nc(-c2cccc3c2sc2ccccc23)c2c(n1)oc1ccccc12. The minimum Gasteiger partial charge on any atom is -0.456 e. The van der Waals surface area contributed by atoms with Crippen LogP contribution in [-0.4, -0.2) is 49.8 Å². The zero-order valence-electron chi connectivity index (χ0n) is 68.3. The highest BCUT2D eigenvalue weighted by Gasteiger charge is 2.26. The summed E-state index contributed by atoms with van der Waals surface area (Å²) in [6.07, 6.45) is 0. The maximum Gasteiger partial charge on any atom is 0.232 e. The summed E-state index contributed by atoms with van der Waals surface area (Å²) in [4.78, 5) is 44.2. The van der Waals surface area contributed by atoms with Crippen LogP contribution in [0.4, 0.5) is 0 Å². The molecule has 0 bridgehead atoms. The lowest BCUT2D eigenvalue weighted by molar-refractivity contribution is 0.652. The maximum atomic E-state index is 6.25. The predicted molar refractivity (Wildman–Crippen MR) is 537 cm³/mol. The van der Waals surface area contributed by atoms with Gasteiger partial charge in [-0.3, -0.25) is 0 Å². The maximum absolute atomic E-state index is 6.25. The van der Waals surface area contributed by atoms with Crippen molar-refractivity contribution in [3.63, 3.8) is 0 Å². The molecule has 0 aliphatic rings. The van der Waals surface area contributed by atoms with E-state index in [1.54, 1.807) is 22.7 Å². The van der Waals surface area contributed by atoms with E-state index in [2.05, 4.69) is 189 Å². The predicted octanol–water partition coefficient (Wildman–Crippen LogP) is 33.2. The van der Waals surface area contributed by atoms with Crippen LogP contribution in [0.1, 0.15) is 0 Å². The smallest absolute Gasteiger partial charge is 0.232 e. The zero-order valence-corrected chi connectivity index (χ0v) is 73.7. The van der Waals surface area contributed by atoms with Gasteiger partial charge in [0.1, 0.15) is 50.2 Å². The summed E-state index contributed by atoms with van der Waals surface area (Å²) in [6.45, 7) is 0. The van der Waals surface area contributed by atoms with Gasteiger partial charge in [0, 0.05) is 117 Å². The van der Waals surface area contributed by atoms with Gasteiger partial charge in [0.2, 0.25) is 55.0 Å². The number of thiophene rings is 2. The fourth-order valence-corrected chi connectivity index (χ4v) is 21.1. The van der Waals surface area contributed by atoms with E-state index in [0.29, 0.717) is 34.3 Å². The van der Waals surface area contributed by atoms with E-state index in [9.17, 15) is 0 Å². The molecule has 29 rings (SSSR count). The van der Waals surface area contributed by atoms with Crippen LogP contribution in [-0.2, 0) is 0 Å². The Bertz CT molecular complexity index is 9320. The van der Waals surface area contributed by atoms with E-state index in [0.717, 1.165) is 182 Å². The number of aromatic nitrogens is 10. The lowest BCUT2D eigenvalue weighted by Gasteiger charge is -2.05. The third kappa shape index (κ3) is 13.6. The quantitative estimate of drug-likeness (QED) is 0.146. The highest BCUT2D eigenvalue weighted by molar-refractivity contribution is 7.26. The molecule has 132 heavy (non-hydrogen) atoms. The Morgan fingerprint density at radius 2 is 0.500 bits per heavy atom. The van der Waals surface area contributed by atoms with Gasteiger partial charge in [0.15, 0.2) is 0 Å². The Morgan fingerprint density at radius 1 is 0.189 bits per heavy atom. The third-order valence-corrected chi connectivity index (χ3v) is 26.9. The van der Waals surface area contributed by atoms with Crippen molar-refractivity contribution in [3.05, 3.63) is 360 Å². The first-order chi connectivity index (χ1) is 64.9. The van der Waals surface area contributed by atoms with Crippen LogP contribution in [0.3, 0.4) is 0 Å². The number of benzene rings is 15. The van der Waals surface area contributed by atoms with Gasteiger partial charge in [-0.25, -0.2) is 24.9 Å². The van der Waals surface area contributed by atoms with E-state index in [1.165, 1.54) is 45.7 Å². The van der Waals surface area contributed by atoms with Gasteiger partial charge in [-0.05, 0) is 166 Å². The number of para-hydroxylation sites is 8. The molecule has 0 amide bonds. The fourth-order valence-electron chi connectivity index (χ4n) is 18.0. The first-order valence-corrected chi connectivity index (χ1v) is 45.3. The van der Waals surface area contributed by atoms with Crippen molar-refractivity contribution in [2.45, 2.75) is 0 Å². The Labute approximate surface area is 776 Å². The second-order valence-electron chi connectivity index (χ2n) is 31.3. The molecular formula is C108H55Cl5N10O7S2. The first-order valence-electron chi connectivity index (χ1n) is 41.8. The van der Waals surface area contributed by atoms with Gasteiger partial charge < -0.3 is 30.9 Å². The van der Waals surface area contributed by atoms with E-state index < -0.39 is 0 Å². The number of furan rings is 7. The molecule has 14 heterocycles. The Hall–Kier alpha value is -15.6. The average molecular weight is 1850 g/mol. The summed E-state index contributed by atoms with van der Waals surface area (Å²) in [5.41, 5.74) is 18.4. The minimum atomic E-state index is 0.143. The van der Waals surface area contributed by atoms with E-state index in [1.807, 2.05) is 194 Å². The molecule has 0 radical (unpaired) electrons. The van der Waals surface area contributed by atoms with Gasteiger partial charge in [-0.15, -0.1) is 22.7 Å². The van der Waals surface area contributed by atoms with Crippen molar-refractivity contribution in [3.8, 4) is 56.3 Å². The summed E-state index contributed by atoms with van der Waals surface area (Å²) < 4.78 is 46.6. The van der Waals surface area contributed by atoms with E-state index in [-0.39, 0.29) is 26.4 Å². The normalized spacial score (nSPS) is 11.8. The highest BCUT2D eigenvalue weighted by atomic mass is 35.5. The molecule has 0 saturated carbocycles. The van der Waals surface area contributed by atoms with Crippen molar-refractivity contribution in [1.82, 2.24) is 49.8 Å². The summed E-state index contributed by atoms with van der Waals surface area (Å²) >= 11 is 34.6. The highest BCUT2D eigenvalue weighted by Crippen LogP contribution is 2.48. The molecule has 15 aromatic carbocycles. The standard InChI is InChI=1S/2C22H11ClN2O2.2C22H11ClN2OS.C20H11ClN2O/c23-22-24-19(18-14-7-2-4-11-17(14)27-21(18)25-22)15-9-5-8-13-12-6-1-3-10-16(12)26-20(13)15;23-22-24-20(19-14-6-2-4-8-17(14)27-21(19)25-22)12-9-10-18-15(11-12)13-5-1-3-7-16(13)26-18;23-22-24-19(18-14-7-1-3-10-16(14)26-21(18)25-22)15-9-5-8-13-12-6-2-4-11-17(12)27-20(13)15;23-22-24-20(19-14-6-1-3-7-16(14)26-21(19)25-22)12-9-10-18-15(11-12)13-5-2-4-8-17(13)27-18;21-20-22-18(14-10-9-12-5-1-2-6-13(12)11-14)17-15-7-3-4-8-16(15)24-19(17)23-20/h4*1-11H;1-11H. The number of hydrogen-bond donors (Lipinski definition) is 0. The fraction of sp³-hybridized carbons (Fsp3) is 0. The minimum absolute atomic E-state index is 0.143. The van der Waals surface area contributed by atoms with E-state index in [4.69, 9.17) is 88.9 Å². The number of nitrogens with zero attached hydrogens (tertiary/aromatic N) is 10. The average Bonchev–Trinajstić information content (AvgIpc) is 1.59. The Kier molecular flexibility index (Phi) is 19.1. The molecule has 0 spiro atoms. The van der Waals surface area contributed by atoms with Crippen molar-refractivity contribution in [2.24, 2.45) is 0 Å². The molecule has 0 N–H and O–H groups in total. The molecule has 0 aliphatic heterocycles. The van der Waals surface area contributed by atoms with Crippen molar-refractivity contribution in [2.75, 3.05) is 0 Å². The summed E-state index contributed by atoms with van der Waals surface area (Å²) in [7, 11) is 0. The molecule has 0 atom stereocenters. The van der Waals surface area contributed by atoms with E-state index >= 15 is 0 Å². The van der Waals surface area contributed by atoms with Crippen LogP contribution in [0.25, 0.3) is 262 Å². The van der Waals surface area contributed by atoms with Crippen LogP contribution < -0.4 is 0 Å². The summed E-state index contributed by atoms with van der Waals surface area (Å²) in [5.74, 6) is 0. The second kappa shape index (κ2) is 32.0. The molecule has 24 heteroatoms. The van der Waals surface area contributed by atoms with Crippen LogP contribution in [0, 0.1) is 0 Å².